The van der Waals surface area contributed by atoms with Crippen molar-refractivity contribution in [3.63, 3.8) is 0 Å². The fourth-order valence-corrected chi connectivity index (χ4v) is 3.48. The Hall–Kier alpha value is -2.90. The van der Waals surface area contributed by atoms with Crippen LogP contribution in [0.4, 0.5) is 0 Å². The monoisotopic (exact) mass is 384 g/mol. The number of amides is 2. The number of hydrogen-bond acceptors (Lipinski definition) is 5. The van der Waals surface area contributed by atoms with Crippen LogP contribution in [0, 0.1) is 11.8 Å². The zero-order valence-corrected chi connectivity index (χ0v) is 15.6. The number of H-pyrrole nitrogens is 1. The van der Waals surface area contributed by atoms with Crippen LogP contribution in [0.1, 0.15) is 42.6 Å². The van der Waals surface area contributed by atoms with Crippen LogP contribution in [0.3, 0.4) is 0 Å². The molecule has 0 spiro atoms. The SMILES string of the molecule is O=C(COC(=O)CCNC(=O)c1n[nH]c2ccccc12)NC(C1CC1)C1CC1. The number of hydrogen-bond donors (Lipinski definition) is 3. The van der Waals surface area contributed by atoms with Gasteiger partial charge in [-0.3, -0.25) is 19.5 Å². The van der Waals surface area contributed by atoms with E-state index in [0.717, 1.165) is 10.9 Å². The lowest BCUT2D eigenvalue weighted by atomic mass is 10.1. The normalized spacial score (nSPS) is 16.2. The number of ether oxygens (including phenoxy) is 1. The Bertz CT molecular complexity index is 873. The summed E-state index contributed by atoms with van der Waals surface area (Å²) in [6.45, 7) is -0.153. The van der Waals surface area contributed by atoms with E-state index in [9.17, 15) is 14.4 Å². The van der Waals surface area contributed by atoms with Gasteiger partial charge in [0.1, 0.15) is 0 Å². The highest BCUT2D eigenvalue weighted by molar-refractivity contribution is 6.04. The molecule has 2 aromatic rings. The summed E-state index contributed by atoms with van der Waals surface area (Å²) < 4.78 is 5.02. The molecule has 2 fully saturated rings. The molecule has 0 radical (unpaired) electrons. The smallest absolute Gasteiger partial charge is 0.308 e. The molecule has 148 valence electrons. The summed E-state index contributed by atoms with van der Waals surface area (Å²) in [4.78, 5) is 36.1. The number of carbonyl (C=O) groups excluding carboxylic acids is 3. The van der Waals surface area contributed by atoms with E-state index < -0.39 is 5.97 Å². The van der Waals surface area contributed by atoms with Crippen LogP contribution in [-0.4, -0.2) is 47.2 Å². The van der Waals surface area contributed by atoms with E-state index in [1.165, 1.54) is 25.7 Å². The maximum atomic E-state index is 12.2. The maximum absolute atomic E-state index is 12.2. The molecule has 1 aromatic heterocycles. The number of fused-ring (bicyclic) bond motifs is 1. The molecule has 4 rings (SSSR count). The van der Waals surface area contributed by atoms with Crippen LogP contribution in [0.15, 0.2) is 24.3 Å². The van der Waals surface area contributed by atoms with Crippen molar-refractivity contribution in [1.82, 2.24) is 20.8 Å². The van der Waals surface area contributed by atoms with Crippen LogP contribution in [0.25, 0.3) is 10.9 Å². The Morgan fingerprint density at radius 3 is 2.57 bits per heavy atom. The first-order valence-corrected chi connectivity index (χ1v) is 9.78. The number of nitrogens with one attached hydrogen (secondary N) is 3. The lowest BCUT2D eigenvalue weighted by Crippen LogP contribution is -2.40. The first kappa shape index (κ1) is 18.5. The molecule has 8 nitrogen and oxygen atoms in total. The number of aromatic amines is 1. The summed E-state index contributed by atoms with van der Waals surface area (Å²) >= 11 is 0. The van der Waals surface area contributed by atoms with Gasteiger partial charge in [0.25, 0.3) is 11.8 Å². The van der Waals surface area contributed by atoms with Gasteiger partial charge in [-0.25, -0.2) is 0 Å². The summed E-state index contributed by atoms with van der Waals surface area (Å²) in [7, 11) is 0. The van der Waals surface area contributed by atoms with E-state index in [0.29, 0.717) is 11.8 Å². The highest BCUT2D eigenvalue weighted by Crippen LogP contribution is 2.44. The topological polar surface area (TPSA) is 113 Å². The predicted molar refractivity (Wildman–Crippen MR) is 101 cm³/mol. The van der Waals surface area contributed by atoms with E-state index in [4.69, 9.17) is 4.74 Å². The van der Waals surface area contributed by atoms with Gasteiger partial charge < -0.3 is 15.4 Å². The highest BCUT2D eigenvalue weighted by Gasteiger charge is 2.42. The number of rotatable bonds is 9. The Morgan fingerprint density at radius 1 is 1.14 bits per heavy atom. The summed E-state index contributed by atoms with van der Waals surface area (Å²) in [5.74, 6) is 0.0709. The number of para-hydroxylation sites is 1. The highest BCUT2D eigenvalue weighted by atomic mass is 16.5. The molecule has 8 heteroatoms. The Labute approximate surface area is 162 Å². The van der Waals surface area contributed by atoms with Gasteiger partial charge in [-0.1, -0.05) is 18.2 Å². The minimum absolute atomic E-state index is 0.00391. The molecule has 1 aromatic carbocycles. The quantitative estimate of drug-likeness (QED) is 0.568. The lowest BCUT2D eigenvalue weighted by Gasteiger charge is -2.17. The molecule has 2 aliphatic carbocycles. The van der Waals surface area contributed by atoms with Crippen LogP contribution >= 0.6 is 0 Å². The fraction of sp³-hybridized carbons (Fsp3) is 0.500. The van der Waals surface area contributed by atoms with Crippen molar-refractivity contribution in [2.45, 2.75) is 38.1 Å². The molecule has 0 bridgehead atoms. The first-order chi connectivity index (χ1) is 13.6. The molecule has 3 N–H and O–H groups in total. The predicted octanol–water partition coefficient (Wildman–Crippen LogP) is 1.53. The van der Waals surface area contributed by atoms with Gasteiger partial charge in [0.05, 0.1) is 11.9 Å². The van der Waals surface area contributed by atoms with Crippen molar-refractivity contribution in [1.29, 1.82) is 0 Å². The molecule has 2 saturated carbocycles. The minimum atomic E-state index is -0.517. The van der Waals surface area contributed by atoms with Gasteiger partial charge in [-0.15, -0.1) is 0 Å². The standard InChI is InChI=1S/C20H24N4O4/c25-16(22-18(12-5-6-12)13-7-8-13)11-28-17(26)9-10-21-20(27)19-14-3-1-2-4-15(14)23-24-19/h1-4,12-13,18H,5-11H2,(H,21,27)(H,22,25)(H,23,24). The molecule has 0 atom stereocenters. The molecule has 0 aliphatic heterocycles. The van der Waals surface area contributed by atoms with Crippen molar-refractivity contribution >= 4 is 28.7 Å². The van der Waals surface area contributed by atoms with Crippen molar-refractivity contribution in [2.75, 3.05) is 13.2 Å². The average molecular weight is 384 g/mol. The molecule has 0 unspecified atom stereocenters. The average Bonchev–Trinajstić information content (AvgIpc) is 3.62. The van der Waals surface area contributed by atoms with Crippen LogP contribution in [0.2, 0.25) is 0 Å². The molecular formula is C20H24N4O4. The van der Waals surface area contributed by atoms with E-state index in [-0.39, 0.29) is 43.1 Å². The summed E-state index contributed by atoms with van der Waals surface area (Å²) in [6, 6.07) is 7.56. The molecule has 2 amide bonds. The minimum Gasteiger partial charge on any atom is -0.456 e. The van der Waals surface area contributed by atoms with Gasteiger partial charge in [-0.2, -0.15) is 5.10 Å². The molecule has 0 saturated heterocycles. The summed E-state index contributed by atoms with van der Waals surface area (Å²) in [6.07, 6.45) is 4.69. The molecule has 1 heterocycles. The Morgan fingerprint density at radius 2 is 1.86 bits per heavy atom. The van der Waals surface area contributed by atoms with Crippen molar-refractivity contribution in [2.24, 2.45) is 11.8 Å². The Balaban J connectivity index is 1.16. The molecule has 28 heavy (non-hydrogen) atoms. The zero-order chi connectivity index (χ0) is 19.5. The third-order valence-corrected chi connectivity index (χ3v) is 5.25. The van der Waals surface area contributed by atoms with Gasteiger partial charge in [0.15, 0.2) is 12.3 Å². The second kappa shape index (κ2) is 8.00. The molecular weight excluding hydrogens is 360 g/mol. The number of benzene rings is 1. The van der Waals surface area contributed by atoms with E-state index in [2.05, 4.69) is 20.8 Å². The van der Waals surface area contributed by atoms with Crippen LogP contribution in [0.5, 0.6) is 0 Å². The lowest BCUT2D eigenvalue weighted by molar-refractivity contribution is -0.148. The second-order valence-corrected chi connectivity index (χ2v) is 7.55. The van der Waals surface area contributed by atoms with Crippen LogP contribution < -0.4 is 10.6 Å². The van der Waals surface area contributed by atoms with E-state index >= 15 is 0 Å². The van der Waals surface area contributed by atoms with E-state index in [1.54, 1.807) is 6.07 Å². The summed E-state index contributed by atoms with van der Waals surface area (Å²) in [5.41, 5.74) is 1.06. The van der Waals surface area contributed by atoms with Crippen LogP contribution in [-0.2, 0) is 14.3 Å². The van der Waals surface area contributed by atoms with Crippen molar-refractivity contribution in [3.8, 4) is 0 Å². The number of carbonyl (C=O) groups is 3. The van der Waals surface area contributed by atoms with Gasteiger partial charge in [0, 0.05) is 18.0 Å². The number of esters is 1. The third-order valence-electron chi connectivity index (χ3n) is 5.25. The van der Waals surface area contributed by atoms with Gasteiger partial charge in [0.2, 0.25) is 0 Å². The number of nitrogens with zero attached hydrogens (tertiary/aromatic N) is 1. The van der Waals surface area contributed by atoms with Gasteiger partial charge >= 0.3 is 5.97 Å². The Kier molecular flexibility index (Phi) is 5.27. The molecule has 2 aliphatic rings. The summed E-state index contributed by atoms with van der Waals surface area (Å²) in [5, 5.41) is 13.2. The van der Waals surface area contributed by atoms with Crippen molar-refractivity contribution in [3.05, 3.63) is 30.0 Å². The third kappa shape index (κ3) is 4.49. The second-order valence-electron chi connectivity index (χ2n) is 7.55. The largest absolute Gasteiger partial charge is 0.456 e. The van der Waals surface area contributed by atoms with E-state index in [1.807, 2.05) is 18.2 Å². The maximum Gasteiger partial charge on any atom is 0.308 e. The first-order valence-electron chi connectivity index (χ1n) is 9.78. The fourth-order valence-electron chi connectivity index (χ4n) is 3.48. The zero-order valence-electron chi connectivity index (χ0n) is 15.6. The van der Waals surface area contributed by atoms with Gasteiger partial charge in [-0.05, 0) is 43.6 Å². The van der Waals surface area contributed by atoms with Crippen molar-refractivity contribution < 1.29 is 19.1 Å². The number of aromatic nitrogens is 2.